The molecule has 1 fully saturated rings. The minimum Gasteiger partial charge on any atom is -0.492 e. The molecule has 0 unspecified atom stereocenters. The van der Waals surface area contributed by atoms with Gasteiger partial charge in [0.15, 0.2) is 0 Å². The van der Waals surface area contributed by atoms with Gasteiger partial charge >= 0.3 is 0 Å². The van der Waals surface area contributed by atoms with E-state index in [4.69, 9.17) is 4.74 Å². The predicted octanol–water partition coefficient (Wildman–Crippen LogP) is 1.75. The molecule has 0 radical (unpaired) electrons. The number of carbonyl (C=O) groups is 1. The summed E-state index contributed by atoms with van der Waals surface area (Å²) >= 11 is 0. The van der Waals surface area contributed by atoms with E-state index in [1.807, 2.05) is 54.5 Å². The highest BCUT2D eigenvalue weighted by Crippen LogP contribution is 2.30. The maximum atomic E-state index is 12.2. The molecular weight excluding hydrogens is 304 g/mol. The first-order chi connectivity index (χ1) is 11.7. The highest BCUT2D eigenvalue weighted by atomic mass is 16.5. The van der Waals surface area contributed by atoms with Crippen molar-refractivity contribution in [2.75, 3.05) is 26.2 Å². The van der Waals surface area contributed by atoms with Crippen LogP contribution in [0.4, 0.5) is 0 Å². The summed E-state index contributed by atoms with van der Waals surface area (Å²) in [5.41, 5.74) is 1.19. The third-order valence-corrected chi connectivity index (χ3v) is 4.26. The van der Waals surface area contributed by atoms with Crippen LogP contribution in [0.5, 0.6) is 5.75 Å². The van der Waals surface area contributed by atoms with Gasteiger partial charge in [-0.2, -0.15) is 5.10 Å². The molecule has 2 heterocycles. The first-order valence-corrected chi connectivity index (χ1v) is 8.39. The molecule has 1 amide bonds. The van der Waals surface area contributed by atoms with Gasteiger partial charge in [0.25, 0.3) is 0 Å². The minimum absolute atomic E-state index is 0.0439. The molecule has 6 nitrogen and oxygen atoms in total. The van der Waals surface area contributed by atoms with Crippen molar-refractivity contribution in [3.8, 4) is 5.75 Å². The SMILES string of the molecule is Cn1cc([C@@H]2CCCN2CC(=O)NCCOc2ccccc2)cn1. The lowest BCUT2D eigenvalue weighted by Gasteiger charge is -2.22. The Kier molecular flexibility index (Phi) is 5.48. The fraction of sp³-hybridized carbons (Fsp3) is 0.444. The van der Waals surface area contributed by atoms with Gasteiger partial charge in [-0.3, -0.25) is 14.4 Å². The average Bonchev–Trinajstić information content (AvgIpc) is 3.21. The molecule has 1 aromatic carbocycles. The summed E-state index contributed by atoms with van der Waals surface area (Å²) in [5, 5.41) is 7.17. The number of nitrogens with one attached hydrogen (secondary N) is 1. The zero-order valence-electron chi connectivity index (χ0n) is 14.0. The Morgan fingerprint density at radius 1 is 1.38 bits per heavy atom. The predicted molar refractivity (Wildman–Crippen MR) is 91.7 cm³/mol. The molecule has 1 atom stereocenters. The number of aryl methyl sites for hydroxylation is 1. The van der Waals surface area contributed by atoms with Crippen LogP contribution >= 0.6 is 0 Å². The van der Waals surface area contributed by atoms with Crippen LogP contribution < -0.4 is 10.1 Å². The molecular formula is C18H24N4O2. The lowest BCUT2D eigenvalue weighted by molar-refractivity contribution is -0.122. The lowest BCUT2D eigenvalue weighted by atomic mass is 10.1. The minimum atomic E-state index is 0.0439. The Bertz CT molecular complexity index is 656. The van der Waals surface area contributed by atoms with E-state index in [0.717, 1.165) is 25.1 Å². The fourth-order valence-corrected chi connectivity index (χ4v) is 3.12. The maximum absolute atomic E-state index is 12.2. The summed E-state index contributed by atoms with van der Waals surface area (Å²) in [4.78, 5) is 14.4. The quantitative estimate of drug-likeness (QED) is 0.787. The van der Waals surface area contributed by atoms with E-state index in [9.17, 15) is 4.79 Å². The fourth-order valence-electron chi connectivity index (χ4n) is 3.12. The molecule has 24 heavy (non-hydrogen) atoms. The zero-order chi connectivity index (χ0) is 16.8. The molecule has 128 valence electrons. The number of para-hydroxylation sites is 1. The number of ether oxygens (including phenoxy) is 1. The number of benzene rings is 1. The molecule has 6 heteroatoms. The molecule has 0 bridgehead atoms. The van der Waals surface area contributed by atoms with E-state index in [-0.39, 0.29) is 5.91 Å². The van der Waals surface area contributed by atoms with Crippen molar-refractivity contribution in [1.82, 2.24) is 20.0 Å². The van der Waals surface area contributed by atoms with Crippen molar-refractivity contribution >= 4 is 5.91 Å². The Hall–Kier alpha value is -2.34. The van der Waals surface area contributed by atoms with Crippen molar-refractivity contribution in [2.24, 2.45) is 7.05 Å². The highest BCUT2D eigenvalue weighted by molar-refractivity contribution is 5.78. The lowest BCUT2D eigenvalue weighted by Crippen LogP contribution is -2.38. The van der Waals surface area contributed by atoms with Gasteiger partial charge in [-0.05, 0) is 31.5 Å². The summed E-state index contributed by atoms with van der Waals surface area (Å²) in [6.45, 7) is 2.36. The number of rotatable bonds is 7. The first kappa shape index (κ1) is 16.5. The van der Waals surface area contributed by atoms with Gasteiger partial charge in [-0.1, -0.05) is 18.2 Å². The van der Waals surface area contributed by atoms with Crippen LogP contribution in [0.1, 0.15) is 24.4 Å². The Morgan fingerprint density at radius 2 is 2.21 bits per heavy atom. The number of amides is 1. The van der Waals surface area contributed by atoms with E-state index in [0.29, 0.717) is 25.7 Å². The standard InChI is InChI=1S/C18H24N4O2/c1-21-13-15(12-20-21)17-8-5-10-22(17)14-18(23)19-9-11-24-16-6-3-2-4-7-16/h2-4,6-7,12-13,17H,5,8-11,14H2,1H3,(H,19,23)/t17-/m0/s1. The van der Waals surface area contributed by atoms with Crippen LogP contribution in [0.2, 0.25) is 0 Å². The number of carbonyl (C=O) groups excluding carboxylic acids is 1. The number of nitrogens with zero attached hydrogens (tertiary/aromatic N) is 3. The first-order valence-electron chi connectivity index (χ1n) is 8.39. The molecule has 0 aliphatic carbocycles. The molecule has 3 rings (SSSR count). The van der Waals surface area contributed by atoms with Gasteiger partial charge in [-0.25, -0.2) is 0 Å². The second-order valence-electron chi connectivity index (χ2n) is 6.09. The van der Waals surface area contributed by atoms with Crippen LogP contribution in [-0.4, -0.2) is 46.8 Å². The third kappa shape index (κ3) is 4.35. The average molecular weight is 328 g/mol. The number of likely N-dealkylation sites (tertiary alicyclic amines) is 1. The smallest absolute Gasteiger partial charge is 0.234 e. The molecule has 0 saturated carbocycles. The summed E-state index contributed by atoms with van der Waals surface area (Å²) in [7, 11) is 1.92. The summed E-state index contributed by atoms with van der Waals surface area (Å²) in [6, 6.07) is 9.92. The molecule has 1 aromatic heterocycles. The Balaban J connectivity index is 1.41. The van der Waals surface area contributed by atoms with Crippen molar-refractivity contribution in [3.63, 3.8) is 0 Å². The van der Waals surface area contributed by atoms with Crippen LogP contribution in [-0.2, 0) is 11.8 Å². The number of hydrogen-bond donors (Lipinski definition) is 1. The molecule has 1 saturated heterocycles. The number of hydrogen-bond acceptors (Lipinski definition) is 4. The van der Waals surface area contributed by atoms with Crippen LogP contribution in [0.3, 0.4) is 0 Å². The topological polar surface area (TPSA) is 59.4 Å². The van der Waals surface area contributed by atoms with E-state index < -0.39 is 0 Å². The van der Waals surface area contributed by atoms with Gasteiger partial charge in [0.2, 0.25) is 5.91 Å². The van der Waals surface area contributed by atoms with E-state index >= 15 is 0 Å². The van der Waals surface area contributed by atoms with Crippen molar-refractivity contribution < 1.29 is 9.53 Å². The molecule has 1 N–H and O–H groups in total. The largest absolute Gasteiger partial charge is 0.492 e. The monoisotopic (exact) mass is 328 g/mol. The van der Waals surface area contributed by atoms with Crippen LogP contribution in [0.25, 0.3) is 0 Å². The van der Waals surface area contributed by atoms with Gasteiger partial charge < -0.3 is 10.1 Å². The third-order valence-electron chi connectivity index (χ3n) is 4.26. The Morgan fingerprint density at radius 3 is 2.96 bits per heavy atom. The molecule has 1 aliphatic rings. The van der Waals surface area contributed by atoms with Crippen molar-refractivity contribution in [1.29, 1.82) is 0 Å². The second-order valence-corrected chi connectivity index (χ2v) is 6.09. The van der Waals surface area contributed by atoms with Gasteiger partial charge in [0.1, 0.15) is 12.4 Å². The van der Waals surface area contributed by atoms with Crippen molar-refractivity contribution in [2.45, 2.75) is 18.9 Å². The molecule has 1 aliphatic heterocycles. The summed E-state index contributed by atoms with van der Waals surface area (Å²) in [5.74, 6) is 0.866. The summed E-state index contributed by atoms with van der Waals surface area (Å²) < 4.78 is 7.39. The van der Waals surface area contributed by atoms with Crippen LogP contribution in [0.15, 0.2) is 42.7 Å². The second kappa shape index (κ2) is 7.97. The van der Waals surface area contributed by atoms with Gasteiger partial charge in [0, 0.05) is 24.8 Å². The van der Waals surface area contributed by atoms with Crippen LogP contribution in [0, 0.1) is 0 Å². The number of aromatic nitrogens is 2. The maximum Gasteiger partial charge on any atom is 0.234 e. The molecule has 2 aromatic rings. The van der Waals surface area contributed by atoms with E-state index in [2.05, 4.69) is 15.3 Å². The summed E-state index contributed by atoms with van der Waals surface area (Å²) in [6.07, 6.45) is 6.13. The highest BCUT2D eigenvalue weighted by Gasteiger charge is 2.28. The van der Waals surface area contributed by atoms with Gasteiger partial charge in [0.05, 0.1) is 19.3 Å². The van der Waals surface area contributed by atoms with Gasteiger partial charge in [-0.15, -0.1) is 0 Å². The normalized spacial score (nSPS) is 17.8. The molecule has 0 spiro atoms. The van der Waals surface area contributed by atoms with E-state index in [1.54, 1.807) is 0 Å². The zero-order valence-corrected chi connectivity index (χ0v) is 14.0. The van der Waals surface area contributed by atoms with E-state index in [1.165, 1.54) is 5.56 Å². The Labute approximate surface area is 142 Å². The van der Waals surface area contributed by atoms with Crippen molar-refractivity contribution in [3.05, 3.63) is 48.3 Å².